The van der Waals surface area contributed by atoms with Gasteiger partial charge in [-0.25, -0.2) is 0 Å². The number of methoxy groups -OCH3 is 2. The molecule has 1 fully saturated rings. The van der Waals surface area contributed by atoms with Crippen molar-refractivity contribution in [2.24, 2.45) is 0 Å². The van der Waals surface area contributed by atoms with Crippen LogP contribution in [0.25, 0.3) is 0 Å². The number of nitrogens with zero attached hydrogens (tertiary/aromatic N) is 2. The molecule has 2 aromatic rings. The molecule has 1 aliphatic rings. The molecule has 1 amide bonds. The number of amides is 1. The second-order valence-electron chi connectivity index (χ2n) is 5.04. The van der Waals surface area contributed by atoms with E-state index in [9.17, 15) is 4.79 Å². The van der Waals surface area contributed by atoms with Gasteiger partial charge in [-0.2, -0.15) is 4.98 Å². The van der Waals surface area contributed by atoms with Crippen molar-refractivity contribution in [1.82, 2.24) is 15.5 Å². The van der Waals surface area contributed by atoms with Gasteiger partial charge in [-0.3, -0.25) is 4.79 Å². The minimum absolute atomic E-state index is 0.179. The molecule has 22 heavy (non-hydrogen) atoms. The van der Waals surface area contributed by atoms with Gasteiger partial charge in [0.1, 0.15) is 0 Å². The number of nitrogens with one attached hydrogen (secondary N) is 1. The van der Waals surface area contributed by atoms with E-state index in [1.165, 1.54) is 14.2 Å². The Balaban J connectivity index is 1.68. The number of carbonyl (C=O) groups excluding carboxylic acids is 1. The lowest BCUT2D eigenvalue weighted by Gasteiger charge is -2.11. The van der Waals surface area contributed by atoms with Crippen LogP contribution < -0.4 is 14.8 Å². The van der Waals surface area contributed by atoms with Crippen LogP contribution in [0.2, 0.25) is 0 Å². The minimum Gasteiger partial charge on any atom is -0.493 e. The quantitative estimate of drug-likeness (QED) is 0.877. The summed E-state index contributed by atoms with van der Waals surface area (Å²) in [6.07, 6.45) is 2.21. The van der Waals surface area contributed by atoms with E-state index in [1.807, 2.05) is 0 Å². The number of carbonyl (C=O) groups is 1. The molecule has 0 atom stereocenters. The van der Waals surface area contributed by atoms with Gasteiger partial charge in [0.15, 0.2) is 17.3 Å². The summed E-state index contributed by atoms with van der Waals surface area (Å²) in [6, 6.07) is 5.13. The fourth-order valence-corrected chi connectivity index (χ4v) is 2.16. The van der Waals surface area contributed by atoms with Crippen LogP contribution in [-0.2, 0) is 6.54 Å². The van der Waals surface area contributed by atoms with E-state index in [1.54, 1.807) is 18.2 Å². The van der Waals surface area contributed by atoms with Gasteiger partial charge in [0, 0.05) is 5.92 Å². The highest BCUT2D eigenvalue weighted by atomic mass is 16.5. The molecule has 0 unspecified atom stereocenters. The first-order chi connectivity index (χ1) is 10.7. The number of hydrogen-bond acceptors (Lipinski definition) is 6. The SMILES string of the molecule is COc1cccc(C(=O)NCc2nc(C3CC3)no2)c1OC. The molecule has 0 aliphatic heterocycles. The van der Waals surface area contributed by atoms with Crippen molar-refractivity contribution in [3.05, 3.63) is 35.5 Å². The molecule has 1 saturated carbocycles. The van der Waals surface area contributed by atoms with Crippen LogP contribution in [0.5, 0.6) is 11.5 Å². The van der Waals surface area contributed by atoms with E-state index in [-0.39, 0.29) is 12.5 Å². The van der Waals surface area contributed by atoms with Gasteiger partial charge in [0.05, 0.1) is 26.3 Å². The Kier molecular flexibility index (Phi) is 3.95. The first-order valence-corrected chi connectivity index (χ1v) is 7.04. The predicted octanol–water partition coefficient (Wildman–Crippen LogP) is 1.89. The first kappa shape index (κ1) is 14.4. The molecule has 0 bridgehead atoms. The highest BCUT2D eigenvalue weighted by molar-refractivity contribution is 5.97. The number of hydrogen-bond donors (Lipinski definition) is 1. The maximum Gasteiger partial charge on any atom is 0.255 e. The molecule has 0 radical (unpaired) electrons. The number of ether oxygens (including phenoxy) is 2. The topological polar surface area (TPSA) is 86.5 Å². The second kappa shape index (κ2) is 6.05. The molecule has 1 N–H and O–H groups in total. The molecule has 1 aromatic heterocycles. The third-order valence-electron chi connectivity index (χ3n) is 3.47. The highest BCUT2D eigenvalue weighted by Crippen LogP contribution is 2.38. The fraction of sp³-hybridized carbons (Fsp3) is 0.400. The summed E-state index contributed by atoms with van der Waals surface area (Å²) >= 11 is 0. The zero-order chi connectivity index (χ0) is 15.5. The average molecular weight is 303 g/mol. The number of aromatic nitrogens is 2. The van der Waals surface area contributed by atoms with Crippen LogP contribution in [0.15, 0.2) is 22.7 Å². The number of rotatable bonds is 6. The molecule has 3 rings (SSSR count). The summed E-state index contributed by atoms with van der Waals surface area (Å²) in [5, 5.41) is 6.65. The second-order valence-corrected chi connectivity index (χ2v) is 5.04. The van der Waals surface area contributed by atoms with Crippen LogP contribution in [0.1, 0.15) is 40.8 Å². The van der Waals surface area contributed by atoms with Crippen LogP contribution in [0.3, 0.4) is 0 Å². The summed E-state index contributed by atoms with van der Waals surface area (Å²) in [6.45, 7) is 0.179. The summed E-state index contributed by atoms with van der Waals surface area (Å²) in [4.78, 5) is 16.5. The molecule has 1 heterocycles. The van der Waals surface area contributed by atoms with E-state index >= 15 is 0 Å². The Labute approximate surface area is 127 Å². The molecular weight excluding hydrogens is 286 g/mol. The lowest BCUT2D eigenvalue weighted by molar-refractivity contribution is 0.0942. The molecule has 7 nitrogen and oxygen atoms in total. The maximum atomic E-state index is 12.3. The number of para-hydroxylation sites is 1. The van der Waals surface area contributed by atoms with Gasteiger partial charge < -0.3 is 19.3 Å². The van der Waals surface area contributed by atoms with E-state index < -0.39 is 0 Å². The van der Waals surface area contributed by atoms with Gasteiger partial charge in [-0.1, -0.05) is 11.2 Å². The zero-order valence-corrected chi connectivity index (χ0v) is 12.5. The molecule has 0 saturated heterocycles. The molecule has 1 aromatic carbocycles. The van der Waals surface area contributed by atoms with E-state index in [0.717, 1.165) is 18.7 Å². The summed E-state index contributed by atoms with van der Waals surface area (Å²) < 4.78 is 15.5. The van der Waals surface area contributed by atoms with Crippen molar-refractivity contribution < 1.29 is 18.8 Å². The van der Waals surface area contributed by atoms with Crippen LogP contribution in [-0.4, -0.2) is 30.3 Å². The molecular formula is C15H17N3O4. The third-order valence-corrected chi connectivity index (χ3v) is 3.47. The van der Waals surface area contributed by atoms with E-state index in [0.29, 0.717) is 28.9 Å². The Hall–Kier alpha value is -2.57. The minimum atomic E-state index is -0.290. The summed E-state index contributed by atoms with van der Waals surface area (Å²) in [5.74, 6) is 2.16. The highest BCUT2D eigenvalue weighted by Gasteiger charge is 2.28. The van der Waals surface area contributed by atoms with Crippen molar-refractivity contribution in [1.29, 1.82) is 0 Å². The monoisotopic (exact) mass is 303 g/mol. The molecule has 0 spiro atoms. The standard InChI is InChI=1S/C15H17N3O4/c1-20-11-5-3-4-10(13(11)21-2)15(19)16-8-12-17-14(18-22-12)9-6-7-9/h3-5,9H,6-8H2,1-2H3,(H,16,19). The normalized spacial score (nSPS) is 13.7. The van der Waals surface area contributed by atoms with Crippen LogP contribution in [0, 0.1) is 0 Å². The van der Waals surface area contributed by atoms with Gasteiger partial charge >= 0.3 is 0 Å². The smallest absolute Gasteiger partial charge is 0.255 e. The van der Waals surface area contributed by atoms with Crippen molar-refractivity contribution in [3.8, 4) is 11.5 Å². The van der Waals surface area contributed by atoms with Crippen molar-refractivity contribution in [2.75, 3.05) is 14.2 Å². The maximum absolute atomic E-state index is 12.3. The van der Waals surface area contributed by atoms with Gasteiger partial charge in [0.25, 0.3) is 5.91 Å². The van der Waals surface area contributed by atoms with Gasteiger partial charge in [-0.05, 0) is 25.0 Å². The molecule has 1 aliphatic carbocycles. The Bertz CT molecular complexity index is 679. The van der Waals surface area contributed by atoms with E-state index in [4.69, 9.17) is 14.0 Å². The summed E-state index contributed by atoms with van der Waals surface area (Å²) in [7, 11) is 3.02. The molecule has 7 heteroatoms. The Morgan fingerprint density at radius 3 is 2.86 bits per heavy atom. The van der Waals surface area contributed by atoms with Crippen molar-refractivity contribution in [3.63, 3.8) is 0 Å². The van der Waals surface area contributed by atoms with Crippen LogP contribution >= 0.6 is 0 Å². The van der Waals surface area contributed by atoms with Gasteiger partial charge in [-0.15, -0.1) is 0 Å². The molecule has 116 valence electrons. The van der Waals surface area contributed by atoms with Gasteiger partial charge in [0.2, 0.25) is 5.89 Å². The fourth-order valence-electron chi connectivity index (χ4n) is 2.16. The van der Waals surface area contributed by atoms with E-state index in [2.05, 4.69) is 15.5 Å². The first-order valence-electron chi connectivity index (χ1n) is 7.04. The number of benzene rings is 1. The average Bonchev–Trinajstić information content (AvgIpc) is 3.30. The zero-order valence-electron chi connectivity index (χ0n) is 12.5. The van der Waals surface area contributed by atoms with Crippen LogP contribution in [0.4, 0.5) is 0 Å². The lowest BCUT2D eigenvalue weighted by atomic mass is 10.1. The Morgan fingerprint density at radius 1 is 1.36 bits per heavy atom. The largest absolute Gasteiger partial charge is 0.493 e. The summed E-state index contributed by atoms with van der Waals surface area (Å²) in [5.41, 5.74) is 0.392. The Morgan fingerprint density at radius 2 is 2.18 bits per heavy atom. The van der Waals surface area contributed by atoms with Crippen molar-refractivity contribution in [2.45, 2.75) is 25.3 Å². The third kappa shape index (κ3) is 2.88. The predicted molar refractivity (Wildman–Crippen MR) is 77.0 cm³/mol. The lowest BCUT2D eigenvalue weighted by Crippen LogP contribution is -2.23. The van der Waals surface area contributed by atoms with Crippen molar-refractivity contribution >= 4 is 5.91 Å².